The maximum atomic E-state index is 12.3. The minimum atomic E-state index is -3.74. The molecule has 2 rings (SSSR count). The standard InChI is InChI=1S/C14H20N4O4S2/c1-11-12(10-18(4)16-11)9-15-23(19,20)13-5-7-14(8-6-13)24(21,22)17(2)3/h5-8,10,15H,9H2,1-4H3. The van der Waals surface area contributed by atoms with Gasteiger partial charge in [-0.25, -0.2) is 25.9 Å². The molecular weight excluding hydrogens is 352 g/mol. The number of rotatable bonds is 6. The second-order valence-electron chi connectivity index (χ2n) is 5.50. The van der Waals surface area contributed by atoms with E-state index in [4.69, 9.17) is 0 Å². The van der Waals surface area contributed by atoms with Crippen molar-refractivity contribution in [3.63, 3.8) is 0 Å². The number of benzene rings is 1. The van der Waals surface area contributed by atoms with Crippen molar-refractivity contribution in [3.8, 4) is 0 Å². The zero-order chi connectivity index (χ0) is 18.1. The molecular formula is C14H20N4O4S2. The van der Waals surface area contributed by atoms with Crippen LogP contribution in [0.2, 0.25) is 0 Å². The fourth-order valence-electron chi connectivity index (χ4n) is 2.08. The lowest BCUT2D eigenvalue weighted by atomic mass is 10.3. The summed E-state index contributed by atoms with van der Waals surface area (Å²) in [7, 11) is -2.75. The molecule has 0 bridgehead atoms. The molecule has 1 aromatic heterocycles. The molecule has 132 valence electrons. The van der Waals surface area contributed by atoms with E-state index in [0.717, 1.165) is 15.6 Å². The molecule has 2 aromatic rings. The summed E-state index contributed by atoms with van der Waals surface area (Å²) in [6.45, 7) is 1.91. The van der Waals surface area contributed by atoms with Gasteiger partial charge in [0.2, 0.25) is 20.0 Å². The van der Waals surface area contributed by atoms with E-state index < -0.39 is 20.0 Å². The molecule has 0 saturated heterocycles. The van der Waals surface area contributed by atoms with Crippen LogP contribution < -0.4 is 4.72 Å². The van der Waals surface area contributed by atoms with Crippen LogP contribution in [0.15, 0.2) is 40.3 Å². The van der Waals surface area contributed by atoms with Crippen molar-refractivity contribution in [1.29, 1.82) is 0 Å². The number of hydrogen-bond acceptors (Lipinski definition) is 5. The predicted octanol–water partition coefficient (Wildman–Crippen LogP) is 0.457. The third-order valence-electron chi connectivity index (χ3n) is 3.48. The largest absolute Gasteiger partial charge is 0.275 e. The van der Waals surface area contributed by atoms with Gasteiger partial charge in [0.05, 0.1) is 15.5 Å². The second-order valence-corrected chi connectivity index (χ2v) is 9.42. The van der Waals surface area contributed by atoms with Crippen molar-refractivity contribution in [2.24, 2.45) is 7.05 Å². The summed E-state index contributed by atoms with van der Waals surface area (Å²) >= 11 is 0. The van der Waals surface area contributed by atoms with E-state index >= 15 is 0 Å². The maximum Gasteiger partial charge on any atom is 0.242 e. The fraction of sp³-hybridized carbons (Fsp3) is 0.357. The average molecular weight is 372 g/mol. The van der Waals surface area contributed by atoms with E-state index in [1.165, 1.54) is 38.4 Å². The molecule has 10 heteroatoms. The summed E-state index contributed by atoms with van der Waals surface area (Å²) < 4.78 is 53.8. The summed E-state index contributed by atoms with van der Waals surface area (Å²) in [4.78, 5) is 0.0382. The first kappa shape index (κ1) is 18.6. The quantitative estimate of drug-likeness (QED) is 0.794. The number of nitrogens with one attached hydrogen (secondary N) is 1. The van der Waals surface area contributed by atoms with E-state index in [-0.39, 0.29) is 16.3 Å². The van der Waals surface area contributed by atoms with Gasteiger partial charge in [-0.2, -0.15) is 5.10 Å². The molecule has 1 aromatic carbocycles. The Morgan fingerprint density at radius 3 is 2.08 bits per heavy atom. The first-order valence-electron chi connectivity index (χ1n) is 7.05. The average Bonchev–Trinajstić information content (AvgIpc) is 2.83. The molecule has 1 N–H and O–H groups in total. The van der Waals surface area contributed by atoms with Gasteiger partial charge in [-0.15, -0.1) is 0 Å². The lowest BCUT2D eigenvalue weighted by Crippen LogP contribution is -2.24. The van der Waals surface area contributed by atoms with Gasteiger partial charge < -0.3 is 0 Å². The molecule has 0 aliphatic heterocycles. The first-order chi connectivity index (χ1) is 11.0. The Morgan fingerprint density at radius 1 is 1.08 bits per heavy atom. The van der Waals surface area contributed by atoms with Gasteiger partial charge in [-0.1, -0.05) is 0 Å². The minimum Gasteiger partial charge on any atom is -0.275 e. The molecule has 0 spiro atoms. The molecule has 24 heavy (non-hydrogen) atoms. The summed E-state index contributed by atoms with van der Waals surface area (Å²) in [5.74, 6) is 0. The Morgan fingerprint density at radius 2 is 1.62 bits per heavy atom. The molecule has 0 aliphatic carbocycles. The van der Waals surface area contributed by atoms with E-state index in [1.54, 1.807) is 24.9 Å². The molecule has 0 atom stereocenters. The van der Waals surface area contributed by atoms with Crippen LogP contribution in [0.1, 0.15) is 11.3 Å². The van der Waals surface area contributed by atoms with Crippen LogP contribution >= 0.6 is 0 Å². The topological polar surface area (TPSA) is 101 Å². The van der Waals surface area contributed by atoms with Crippen LogP contribution in [-0.2, 0) is 33.6 Å². The monoisotopic (exact) mass is 372 g/mol. The molecule has 0 radical (unpaired) electrons. The van der Waals surface area contributed by atoms with E-state index in [0.29, 0.717) is 0 Å². The third-order valence-corrected chi connectivity index (χ3v) is 6.73. The van der Waals surface area contributed by atoms with Gasteiger partial charge in [0, 0.05) is 39.4 Å². The third kappa shape index (κ3) is 3.83. The summed E-state index contributed by atoms with van der Waals surface area (Å²) in [6, 6.07) is 5.10. The van der Waals surface area contributed by atoms with Crippen LogP contribution in [0.4, 0.5) is 0 Å². The van der Waals surface area contributed by atoms with Gasteiger partial charge in [0.15, 0.2) is 0 Å². The van der Waals surface area contributed by atoms with Crippen LogP contribution in [0.3, 0.4) is 0 Å². The van der Waals surface area contributed by atoms with Crippen molar-refractivity contribution in [2.75, 3.05) is 14.1 Å². The Labute approximate surface area is 142 Å². The van der Waals surface area contributed by atoms with Crippen molar-refractivity contribution < 1.29 is 16.8 Å². The number of sulfonamides is 2. The van der Waals surface area contributed by atoms with Crippen LogP contribution in [0.5, 0.6) is 0 Å². The highest BCUT2D eigenvalue weighted by Crippen LogP contribution is 2.17. The van der Waals surface area contributed by atoms with Gasteiger partial charge in [0.1, 0.15) is 0 Å². The van der Waals surface area contributed by atoms with E-state index in [2.05, 4.69) is 9.82 Å². The maximum absolute atomic E-state index is 12.3. The van der Waals surface area contributed by atoms with Crippen LogP contribution in [-0.4, -0.2) is 45.0 Å². The highest BCUT2D eigenvalue weighted by molar-refractivity contribution is 7.89. The highest BCUT2D eigenvalue weighted by atomic mass is 32.2. The molecule has 0 aliphatic rings. The fourth-order valence-corrected chi connectivity index (χ4v) is 3.99. The number of aromatic nitrogens is 2. The lowest BCUT2D eigenvalue weighted by Gasteiger charge is -2.12. The molecule has 0 unspecified atom stereocenters. The Kier molecular flexibility index (Phi) is 5.14. The smallest absolute Gasteiger partial charge is 0.242 e. The molecule has 1 heterocycles. The van der Waals surface area contributed by atoms with Gasteiger partial charge >= 0.3 is 0 Å². The van der Waals surface area contributed by atoms with E-state index in [9.17, 15) is 16.8 Å². The van der Waals surface area contributed by atoms with Crippen molar-refractivity contribution in [2.45, 2.75) is 23.3 Å². The Bertz CT molecular complexity index is 930. The highest BCUT2D eigenvalue weighted by Gasteiger charge is 2.20. The van der Waals surface area contributed by atoms with Crippen molar-refractivity contribution in [3.05, 3.63) is 41.7 Å². The second kappa shape index (κ2) is 6.63. The number of aryl methyl sites for hydroxylation is 2. The summed E-state index contributed by atoms with van der Waals surface area (Å²) in [6.07, 6.45) is 1.74. The zero-order valence-electron chi connectivity index (χ0n) is 13.9. The molecule has 0 fully saturated rings. The first-order valence-corrected chi connectivity index (χ1v) is 9.98. The summed E-state index contributed by atoms with van der Waals surface area (Å²) in [5.41, 5.74) is 1.51. The van der Waals surface area contributed by atoms with Gasteiger partial charge in [0.25, 0.3) is 0 Å². The predicted molar refractivity (Wildman–Crippen MR) is 89.3 cm³/mol. The van der Waals surface area contributed by atoms with Crippen LogP contribution in [0.25, 0.3) is 0 Å². The Hall–Kier alpha value is -1.75. The molecule has 8 nitrogen and oxygen atoms in total. The summed E-state index contributed by atoms with van der Waals surface area (Å²) in [5, 5.41) is 4.15. The normalized spacial score (nSPS) is 12.7. The number of nitrogens with zero attached hydrogens (tertiary/aromatic N) is 3. The lowest BCUT2D eigenvalue weighted by molar-refractivity contribution is 0.520. The van der Waals surface area contributed by atoms with Crippen molar-refractivity contribution in [1.82, 2.24) is 18.8 Å². The SMILES string of the molecule is Cc1nn(C)cc1CNS(=O)(=O)c1ccc(S(=O)(=O)N(C)C)cc1. The van der Waals surface area contributed by atoms with Gasteiger partial charge in [-0.3, -0.25) is 4.68 Å². The van der Waals surface area contributed by atoms with Crippen molar-refractivity contribution >= 4 is 20.0 Å². The van der Waals surface area contributed by atoms with Crippen LogP contribution in [0, 0.1) is 6.92 Å². The van der Waals surface area contributed by atoms with E-state index in [1.807, 2.05) is 0 Å². The Balaban J connectivity index is 2.19. The number of hydrogen-bond donors (Lipinski definition) is 1. The van der Waals surface area contributed by atoms with Gasteiger partial charge in [-0.05, 0) is 31.2 Å². The molecule has 0 saturated carbocycles. The zero-order valence-corrected chi connectivity index (χ0v) is 15.5. The molecule has 0 amide bonds. The minimum absolute atomic E-state index is 0.00162.